The van der Waals surface area contributed by atoms with E-state index in [0.717, 1.165) is 35.3 Å². The van der Waals surface area contributed by atoms with Gasteiger partial charge in [-0.2, -0.15) is 0 Å². The summed E-state index contributed by atoms with van der Waals surface area (Å²) < 4.78 is 0. The van der Waals surface area contributed by atoms with E-state index < -0.39 is 17.8 Å². The minimum Gasteiger partial charge on any atom is -0.393 e. The van der Waals surface area contributed by atoms with Crippen LogP contribution in [0.1, 0.15) is 71.8 Å². The molecule has 35 heavy (non-hydrogen) atoms. The molecule has 3 nitrogen and oxygen atoms in total. The first-order valence-electron chi connectivity index (χ1n) is 13.1. The fourth-order valence-corrected chi connectivity index (χ4v) is 7.37. The van der Waals surface area contributed by atoms with Crippen LogP contribution in [-0.2, 0) is 5.60 Å². The van der Waals surface area contributed by atoms with Crippen LogP contribution < -0.4 is 0 Å². The molecule has 0 heterocycles. The molecule has 3 aliphatic carbocycles. The number of hydrogen-bond acceptors (Lipinski definition) is 4. The molecule has 0 spiro atoms. The predicted molar refractivity (Wildman–Crippen MR) is 146 cm³/mol. The van der Waals surface area contributed by atoms with E-state index in [-0.39, 0.29) is 5.41 Å². The second-order valence-electron chi connectivity index (χ2n) is 11.6. The molecule has 0 amide bonds. The molecule has 0 radical (unpaired) electrons. The Morgan fingerprint density at radius 1 is 1.26 bits per heavy atom. The van der Waals surface area contributed by atoms with Gasteiger partial charge in [-0.3, -0.25) is 0 Å². The molecule has 4 rings (SSSR count). The van der Waals surface area contributed by atoms with Gasteiger partial charge in [-0.25, -0.2) is 0 Å². The number of hydrogen-bond donors (Lipinski definition) is 3. The summed E-state index contributed by atoms with van der Waals surface area (Å²) in [4.78, 5) is 1.21. The number of aliphatic hydroxyl groups excluding tert-OH is 2. The molecule has 2 saturated carbocycles. The van der Waals surface area contributed by atoms with Crippen molar-refractivity contribution in [2.45, 2.75) is 88.9 Å². The molecule has 0 aromatic heterocycles. The van der Waals surface area contributed by atoms with E-state index >= 15 is 0 Å². The predicted octanol–water partition coefficient (Wildman–Crippen LogP) is 6.70. The Kier molecular flexibility index (Phi) is 7.88. The van der Waals surface area contributed by atoms with E-state index in [1.165, 1.54) is 23.3 Å². The average Bonchev–Trinajstić information content (AvgIpc) is 3.16. The van der Waals surface area contributed by atoms with Crippen molar-refractivity contribution < 1.29 is 15.3 Å². The lowest BCUT2D eigenvalue weighted by molar-refractivity contribution is 0.0783. The first-order valence-corrected chi connectivity index (χ1v) is 14.1. The van der Waals surface area contributed by atoms with Crippen molar-refractivity contribution in [3.63, 3.8) is 0 Å². The number of fused-ring (bicyclic) bond motifs is 1. The average molecular weight is 495 g/mol. The monoisotopic (exact) mass is 494 g/mol. The lowest BCUT2D eigenvalue weighted by Crippen LogP contribution is -2.33. The van der Waals surface area contributed by atoms with E-state index in [0.29, 0.717) is 24.7 Å². The lowest BCUT2D eigenvalue weighted by Gasteiger charge is -2.42. The molecular formula is C31H42O3S. The molecule has 2 fully saturated rings. The molecule has 190 valence electrons. The highest BCUT2D eigenvalue weighted by Crippen LogP contribution is 2.57. The number of thioether (sulfide) groups is 1. The van der Waals surface area contributed by atoms with Gasteiger partial charge in [-0.05, 0) is 92.0 Å². The summed E-state index contributed by atoms with van der Waals surface area (Å²) in [5.41, 5.74) is 5.17. The number of allylic oxidation sites excluding steroid dienone is 5. The Balaban J connectivity index is 1.45. The van der Waals surface area contributed by atoms with Crippen molar-refractivity contribution in [1.82, 2.24) is 0 Å². The van der Waals surface area contributed by atoms with Crippen LogP contribution in [0.2, 0.25) is 0 Å². The Hall–Kier alpha value is -1.59. The van der Waals surface area contributed by atoms with Crippen molar-refractivity contribution in [2.75, 3.05) is 5.75 Å². The maximum atomic E-state index is 10.4. The molecule has 0 bridgehead atoms. The number of aliphatic hydroxyl groups is 3. The second kappa shape index (κ2) is 10.4. The van der Waals surface area contributed by atoms with Gasteiger partial charge >= 0.3 is 0 Å². The Morgan fingerprint density at radius 3 is 2.77 bits per heavy atom. The maximum absolute atomic E-state index is 10.4. The summed E-state index contributed by atoms with van der Waals surface area (Å²) >= 11 is 1.88. The van der Waals surface area contributed by atoms with Crippen LogP contribution in [0.5, 0.6) is 0 Å². The fourth-order valence-electron chi connectivity index (χ4n) is 6.36. The molecular weight excluding hydrogens is 452 g/mol. The summed E-state index contributed by atoms with van der Waals surface area (Å²) in [5.74, 6) is 2.05. The quantitative estimate of drug-likeness (QED) is 0.304. The van der Waals surface area contributed by atoms with Gasteiger partial charge in [0.25, 0.3) is 0 Å². The third-order valence-corrected chi connectivity index (χ3v) is 9.70. The Bertz CT molecular complexity index is 1040. The van der Waals surface area contributed by atoms with Gasteiger partial charge < -0.3 is 15.3 Å². The van der Waals surface area contributed by atoms with E-state index in [4.69, 9.17) is 0 Å². The van der Waals surface area contributed by atoms with Crippen molar-refractivity contribution in [1.29, 1.82) is 0 Å². The molecule has 0 aliphatic heterocycles. The Morgan fingerprint density at radius 2 is 2.03 bits per heavy atom. The van der Waals surface area contributed by atoms with Crippen LogP contribution in [0.3, 0.4) is 0 Å². The minimum atomic E-state index is -0.822. The van der Waals surface area contributed by atoms with E-state index in [2.05, 4.69) is 50.8 Å². The molecule has 0 unspecified atom stereocenters. The Labute approximate surface area is 215 Å². The summed E-state index contributed by atoms with van der Waals surface area (Å²) in [6, 6.07) is 8.29. The van der Waals surface area contributed by atoms with Gasteiger partial charge in [0.15, 0.2) is 0 Å². The van der Waals surface area contributed by atoms with Gasteiger partial charge in [-0.15, -0.1) is 11.8 Å². The minimum absolute atomic E-state index is 0.195. The fraction of sp³-hybridized carbons (Fsp3) is 0.548. The standard InChI is InChI=1S/C31H42O3S/c1-20(19-35-26-10-6-9-24(17-26)30(3,4)34)27-13-14-28-22(8-7-15-31(27,28)5)11-12-23-16-25(32)18-29(33)21(23)2/h6,9-13,17,20,25,28-29,32-34H,2,7-8,14-16,18-19H2,1,3-5H3/b22-11+,23-12+/t20-,25+,28-,29-,31+/m0/s1. The number of benzene rings is 1. The van der Waals surface area contributed by atoms with Gasteiger partial charge in [0, 0.05) is 17.1 Å². The van der Waals surface area contributed by atoms with Gasteiger partial charge in [0.2, 0.25) is 0 Å². The topological polar surface area (TPSA) is 60.7 Å². The highest BCUT2D eigenvalue weighted by atomic mass is 32.2. The van der Waals surface area contributed by atoms with Crippen LogP contribution in [0.25, 0.3) is 0 Å². The molecule has 0 saturated heterocycles. The summed E-state index contributed by atoms with van der Waals surface area (Å²) in [6.45, 7) is 12.6. The highest BCUT2D eigenvalue weighted by Gasteiger charge is 2.46. The normalized spacial score (nSPS) is 32.6. The van der Waals surface area contributed by atoms with Gasteiger partial charge in [0.1, 0.15) is 0 Å². The third kappa shape index (κ3) is 5.72. The summed E-state index contributed by atoms with van der Waals surface area (Å²) in [6.07, 6.45) is 11.4. The second-order valence-corrected chi connectivity index (χ2v) is 12.7. The zero-order valence-electron chi connectivity index (χ0n) is 21.8. The largest absolute Gasteiger partial charge is 0.393 e. The zero-order chi connectivity index (χ0) is 25.4. The van der Waals surface area contributed by atoms with E-state index in [9.17, 15) is 15.3 Å². The third-order valence-electron chi connectivity index (χ3n) is 8.45. The zero-order valence-corrected chi connectivity index (χ0v) is 22.6. The maximum Gasteiger partial charge on any atom is 0.0840 e. The first-order chi connectivity index (χ1) is 16.5. The highest BCUT2D eigenvalue weighted by molar-refractivity contribution is 7.99. The van der Waals surface area contributed by atoms with E-state index in [1.54, 1.807) is 5.57 Å². The lowest BCUT2D eigenvalue weighted by atomic mass is 9.62. The SMILES string of the molecule is C=C1/C(=C/C=C2\CCC[C@]3(C)C([C@@H](C)CSc4cccc(C(C)(C)O)c4)=CC[C@@H]23)C[C@@H](O)C[C@@H]1O. The van der Waals surface area contributed by atoms with Crippen LogP contribution in [0.15, 0.2) is 76.3 Å². The molecule has 3 N–H and O–H groups in total. The van der Waals surface area contributed by atoms with Crippen LogP contribution >= 0.6 is 11.8 Å². The first kappa shape index (κ1) is 26.5. The van der Waals surface area contributed by atoms with Crippen molar-refractivity contribution in [3.05, 3.63) is 76.9 Å². The van der Waals surface area contributed by atoms with Gasteiger partial charge in [0.05, 0.1) is 17.8 Å². The molecule has 1 aromatic rings. The molecule has 4 heteroatoms. The van der Waals surface area contributed by atoms with Crippen LogP contribution in [0.4, 0.5) is 0 Å². The van der Waals surface area contributed by atoms with Crippen LogP contribution in [-0.4, -0.2) is 33.3 Å². The van der Waals surface area contributed by atoms with Gasteiger partial charge in [-0.1, -0.05) is 61.9 Å². The summed E-state index contributed by atoms with van der Waals surface area (Å²) in [5, 5.41) is 30.6. The van der Waals surface area contributed by atoms with E-state index in [1.807, 2.05) is 37.7 Å². The van der Waals surface area contributed by atoms with Crippen molar-refractivity contribution in [3.8, 4) is 0 Å². The number of rotatable bonds is 6. The molecule has 1 aromatic carbocycles. The smallest absolute Gasteiger partial charge is 0.0840 e. The summed E-state index contributed by atoms with van der Waals surface area (Å²) in [7, 11) is 0. The van der Waals surface area contributed by atoms with Crippen LogP contribution in [0, 0.1) is 17.3 Å². The molecule has 3 aliphatic rings. The van der Waals surface area contributed by atoms with Crippen molar-refractivity contribution >= 4 is 11.8 Å². The molecule has 5 atom stereocenters. The van der Waals surface area contributed by atoms with Crippen molar-refractivity contribution in [2.24, 2.45) is 17.3 Å².